The number of rotatable bonds is 6. The maximum atomic E-state index is 13.6. The number of amides is 1. The Balaban J connectivity index is 1.92. The Morgan fingerprint density at radius 2 is 1.79 bits per heavy atom. The van der Waals surface area contributed by atoms with Crippen molar-refractivity contribution in [3.63, 3.8) is 0 Å². The highest BCUT2D eigenvalue weighted by atomic mass is 79.9. The largest absolute Gasteiger partial charge is 0.416 e. The van der Waals surface area contributed by atoms with E-state index in [4.69, 9.17) is 0 Å². The molecule has 15 heteroatoms. The number of carbonyl (C=O) groups is 1. The lowest BCUT2D eigenvalue weighted by Crippen LogP contribution is -2.32. The third kappa shape index (κ3) is 5.23. The van der Waals surface area contributed by atoms with Crippen molar-refractivity contribution in [2.24, 2.45) is 0 Å². The normalized spacial score (nSPS) is 13.7. The molecule has 0 aliphatic rings. The Morgan fingerprint density at radius 3 is 2.42 bits per heavy atom. The van der Waals surface area contributed by atoms with Crippen LogP contribution in [0.2, 0.25) is 0 Å². The van der Waals surface area contributed by atoms with Crippen LogP contribution in [0.25, 0.3) is 5.82 Å². The standard InChI is InChI=1S/C18H13BrF6N6O2/c1-8(29-16(32)9-4-10(18(23,24)25)6-11(19)5-9)12-15(27-3-2-26-12)31-17(33)30(7-28-31)14(22)13(20)21/h2-8,13-14H,1H3,(H,29,32). The molecule has 0 spiro atoms. The SMILES string of the molecule is CC(NC(=O)c1cc(Br)cc(C(F)(F)F)c1)c1nccnc1-n1ncn(C(F)C(F)F)c1=O. The smallest absolute Gasteiger partial charge is 0.344 e. The van der Waals surface area contributed by atoms with Crippen molar-refractivity contribution in [2.45, 2.75) is 31.9 Å². The van der Waals surface area contributed by atoms with Gasteiger partial charge in [-0.15, -0.1) is 0 Å². The second-order valence-corrected chi connectivity index (χ2v) is 7.54. The fraction of sp³-hybridized carbons (Fsp3) is 0.278. The molecule has 0 saturated carbocycles. The minimum absolute atomic E-state index is 0.0206. The van der Waals surface area contributed by atoms with Gasteiger partial charge in [0.2, 0.25) is 6.30 Å². The Morgan fingerprint density at radius 1 is 1.12 bits per heavy atom. The van der Waals surface area contributed by atoms with Crippen LogP contribution >= 0.6 is 15.9 Å². The zero-order chi connectivity index (χ0) is 24.5. The zero-order valence-electron chi connectivity index (χ0n) is 16.4. The van der Waals surface area contributed by atoms with Gasteiger partial charge < -0.3 is 5.32 Å². The quantitative estimate of drug-likeness (QED) is 0.481. The molecule has 2 atom stereocenters. The van der Waals surface area contributed by atoms with Crippen molar-refractivity contribution in [2.75, 3.05) is 0 Å². The van der Waals surface area contributed by atoms with E-state index in [0.29, 0.717) is 17.1 Å². The van der Waals surface area contributed by atoms with Crippen molar-refractivity contribution >= 4 is 21.8 Å². The van der Waals surface area contributed by atoms with E-state index in [2.05, 4.69) is 36.3 Å². The first kappa shape index (κ1) is 24.4. The van der Waals surface area contributed by atoms with Crippen LogP contribution in [-0.4, -0.2) is 36.6 Å². The number of nitrogens with zero attached hydrogens (tertiary/aromatic N) is 5. The summed E-state index contributed by atoms with van der Waals surface area (Å²) < 4.78 is 78.6. The average Bonchev–Trinajstić information content (AvgIpc) is 3.12. The van der Waals surface area contributed by atoms with E-state index in [1.54, 1.807) is 0 Å². The fourth-order valence-corrected chi connectivity index (χ4v) is 3.29. The third-order valence-electron chi connectivity index (χ3n) is 4.32. The summed E-state index contributed by atoms with van der Waals surface area (Å²) in [6.45, 7) is 1.40. The predicted molar refractivity (Wildman–Crippen MR) is 105 cm³/mol. The molecule has 1 aromatic carbocycles. The van der Waals surface area contributed by atoms with E-state index in [0.717, 1.165) is 12.3 Å². The number of hydrogen-bond donors (Lipinski definition) is 1. The molecule has 1 N–H and O–H groups in total. The summed E-state index contributed by atoms with van der Waals surface area (Å²) in [7, 11) is 0. The summed E-state index contributed by atoms with van der Waals surface area (Å²) in [5.41, 5.74) is -2.71. The summed E-state index contributed by atoms with van der Waals surface area (Å²) in [4.78, 5) is 32.8. The lowest BCUT2D eigenvalue weighted by molar-refractivity contribution is -0.137. The first-order valence-corrected chi connectivity index (χ1v) is 9.77. The van der Waals surface area contributed by atoms with Gasteiger partial charge in [0.1, 0.15) is 12.0 Å². The van der Waals surface area contributed by atoms with Crippen molar-refractivity contribution in [1.82, 2.24) is 29.6 Å². The number of alkyl halides is 6. The van der Waals surface area contributed by atoms with Crippen molar-refractivity contribution < 1.29 is 31.1 Å². The molecule has 3 rings (SSSR count). The minimum Gasteiger partial charge on any atom is -0.344 e. The van der Waals surface area contributed by atoms with Crippen LogP contribution in [-0.2, 0) is 6.18 Å². The van der Waals surface area contributed by atoms with Crippen LogP contribution in [0.4, 0.5) is 26.3 Å². The number of nitrogens with one attached hydrogen (secondary N) is 1. The molecule has 1 amide bonds. The van der Waals surface area contributed by atoms with Crippen molar-refractivity contribution in [3.05, 3.63) is 68.7 Å². The first-order valence-electron chi connectivity index (χ1n) is 8.98. The Kier molecular flexibility index (Phi) is 6.90. The second kappa shape index (κ2) is 9.33. The Labute approximate surface area is 189 Å². The number of hydrogen-bond acceptors (Lipinski definition) is 5. The van der Waals surface area contributed by atoms with E-state index in [1.807, 2.05) is 0 Å². The first-order chi connectivity index (χ1) is 15.4. The van der Waals surface area contributed by atoms with Crippen LogP contribution in [0, 0.1) is 0 Å². The monoisotopic (exact) mass is 538 g/mol. The molecule has 8 nitrogen and oxygen atoms in total. The Bertz CT molecular complexity index is 1230. The summed E-state index contributed by atoms with van der Waals surface area (Å²) in [5.74, 6) is -1.19. The number of halogens is 7. The van der Waals surface area contributed by atoms with Gasteiger partial charge in [0.15, 0.2) is 5.82 Å². The maximum Gasteiger partial charge on any atom is 0.416 e. The Hall–Kier alpha value is -3.23. The van der Waals surface area contributed by atoms with Crippen LogP contribution in [0.5, 0.6) is 0 Å². The molecule has 2 unspecified atom stereocenters. The lowest BCUT2D eigenvalue weighted by Gasteiger charge is -2.16. The molecule has 2 heterocycles. The van der Waals surface area contributed by atoms with E-state index < -0.39 is 42.1 Å². The third-order valence-corrected chi connectivity index (χ3v) is 4.78. The molecule has 0 aliphatic heterocycles. The van der Waals surface area contributed by atoms with E-state index in [9.17, 15) is 35.9 Å². The van der Waals surface area contributed by atoms with E-state index in [-0.39, 0.29) is 26.1 Å². The molecular weight excluding hydrogens is 526 g/mol. The van der Waals surface area contributed by atoms with Crippen LogP contribution in [0.1, 0.15) is 40.9 Å². The van der Waals surface area contributed by atoms with Gasteiger partial charge >= 0.3 is 11.9 Å². The zero-order valence-corrected chi connectivity index (χ0v) is 18.0. The topological polar surface area (TPSA) is 94.7 Å². The van der Waals surface area contributed by atoms with Crippen LogP contribution in [0.3, 0.4) is 0 Å². The second-order valence-electron chi connectivity index (χ2n) is 6.63. The fourth-order valence-electron chi connectivity index (χ4n) is 2.79. The van der Waals surface area contributed by atoms with Gasteiger partial charge in [0.05, 0.1) is 11.6 Å². The van der Waals surface area contributed by atoms with Gasteiger partial charge in [-0.1, -0.05) is 15.9 Å². The van der Waals surface area contributed by atoms with Gasteiger partial charge in [0.25, 0.3) is 12.3 Å². The maximum absolute atomic E-state index is 13.6. The molecule has 0 radical (unpaired) electrons. The number of aromatic nitrogens is 5. The van der Waals surface area contributed by atoms with E-state index in [1.165, 1.54) is 19.2 Å². The molecule has 0 aliphatic carbocycles. The van der Waals surface area contributed by atoms with Gasteiger partial charge in [-0.25, -0.2) is 27.5 Å². The molecule has 0 fully saturated rings. The number of carbonyl (C=O) groups excluding carboxylic acids is 1. The highest BCUT2D eigenvalue weighted by Crippen LogP contribution is 2.32. The van der Waals surface area contributed by atoms with Gasteiger partial charge in [0, 0.05) is 22.4 Å². The molecule has 0 saturated heterocycles. The highest BCUT2D eigenvalue weighted by molar-refractivity contribution is 9.10. The van der Waals surface area contributed by atoms with Crippen LogP contribution < -0.4 is 11.0 Å². The van der Waals surface area contributed by atoms with Gasteiger partial charge in [-0.2, -0.15) is 23.0 Å². The molecule has 2 aromatic heterocycles. The van der Waals surface area contributed by atoms with Crippen LogP contribution in [0.15, 0.2) is 46.2 Å². The average molecular weight is 539 g/mol. The summed E-state index contributed by atoms with van der Waals surface area (Å²) >= 11 is 2.92. The summed E-state index contributed by atoms with van der Waals surface area (Å²) in [5, 5.41) is 5.99. The molecule has 3 aromatic rings. The highest BCUT2D eigenvalue weighted by Gasteiger charge is 2.32. The molecule has 176 valence electrons. The minimum atomic E-state index is -4.69. The van der Waals surface area contributed by atoms with Crippen molar-refractivity contribution in [3.8, 4) is 5.82 Å². The summed E-state index contributed by atoms with van der Waals surface area (Å²) in [6, 6.07) is 1.61. The predicted octanol–water partition coefficient (Wildman–Crippen LogP) is 3.83. The molecular formula is C18H13BrF6N6O2. The van der Waals surface area contributed by atoms with Crippen molar-refractivity contribution in [1.29, 1.82) is 0 Å². The number of benzene rings is 1. The lowest BCUT2D eigenvalue weighted by atomic mass is 10.1. The van der Waals surface area contributed by atoms with Gasteiger partial charge in [-0.3, -0.25) is 9.78 Å². The van der Waals surface area contributed by atoms with Gasteiger partial charge in [-0.05, 0) is 25.1 Å². The molecule has 33 heavy (non-hydrogen) atoms. The summed E-state index contributed by atoms with van der Waals surface area (Å²) in [6.07, 6.45) is -8.21. The van der Waals surface area contributed by atoms with E-state index >= 15 is 0 Å². The molecule has 0 bridgehead atoms.